The lowest BCUT2D eigenvalue weighted by Gasteiger charge is -2.48. The van der Waals surface area contributed by atoms with Crippen LogP contribution in [0.5, 0.6) is 0 Å². The second kappa shape index (κ2) is 10.5. The first kappa shape index (κ1) is 23.2. The number of rotatable bonds is 6. The lowest BCUT2D eigenvalue weighted by molar-refractivity contribution is -0.961. The summed E-state index contributed by atoms with van der Waals surface area (Å²) >= 11 is 0. The second-order valence-corrected chi connectivity index (χ2v) is 9.91. The van der Waals surface area contributed by atoms with Gasteiger partial charge in [-0.1, -0.05) is 41.5 Å². The predicted octanol–water partition coefficient (Wildman–Crippen LogP) is 0.789. The Morgan fingerprint density at radius 3 is 1.52 bits per heavy atom. The smallest absolute Gasteiger partial charge is 0.101 e. The molecule has 2 fully saturated rings. The van der Waals surface area contributed by atoms with Crippen LogP contribution in [0.4, 0.5) is 0 Å². The van der Waals surface area contributed by atoms with Gasteiger partial charge < -0.3 is 22.4 Å². The Kier molecular flexibility index (Phi) is 9.78. The molecule has 2 aliphatic carbocycles. The number of hydrogen-bond acceptors (Lipinski definition) is 1. The van der Waals surface area contributed by atoms with Crippen molar-refractivity contribution >= 4 is 0 Å². The molecule has 0 aromatic heterocycles. The van der Waals surface area contributed by atoms with Crippen LogP contribution in [-0.4, -0.2) is 30.3 Å². The third kappa shape index (κ3) is 5.84. The van der Waals surface area contributed by atoms with E-state index in [0.717, 1.165) is 54.1 Å². The molecule has 2 N–H and O–H groups in total. The zero-order valence-corrected chi connectivity index (χ0v) is 18.4. The fourth-order valence-corrected chi connectivity index (χ4v) is 6.03. The minimum Gasteiger partial charge on any atom is -1.00 e. The van der Waals surface area contributed by atoms with Crippen molar-refractivity contribution in [2.45, 2.75) is 92.2 Å². The summed E-state index contributed by atoms with van der Waals surface area (Å²) in [6.07, 6.45) is 8.34. The van der Waals surface area contributed by atoms with Gasteiger partial charge in [0.05, 0.1) is 18.7 Å². The Labute approximate surface area is 163 Å². The van der Waals surface area contributed by atoms with Gasteiger partial charge in [-0.05, 0) is 49.4 Å². The third-order valence-corrected chi connectivity index (χ3v) is 7.40. The van der Waals surface area contributed by atoms with Gasteiger partial charge in [-0.15, -0.1) is 0 Å². The van der Waals surface area contributed by atoms with E-state index < -0.39 is 0 Å². The molecule has 2 nitrogen and oxygen atoms in total. The van der Waals surface area contributed by atoms with E-state index in [1.807, 2.05) is 0 Å². The van der Waals surface area contributed by atoms with E-state index in [4.69, 9.17) is 0 Å². The molecule has 0 radical (unpaired) electrons. The minimum absolute atomic E-state index is 0. The lowest BCUT2D eigenvalue weighted by Crippen LogP contribution is -3.21. The molecule has 0 aliphatic heterocycles. The van der Waals surface area contributed by atoms with E-state index in [1.165, 1.54) is 38.5 Å². The molecule has 0 heterocycles. The van der Waals surface area contributed by atoms with Crippen LogP contribution in [0.3, 0.4) is 0 Å². The molecule has 2 aliphatic rings. The first-order chi connectivity index (χ1) is 11.3. The van der Waals surface area contributed by atoms with Gasteiger partial charge in [0.2, 0.25) is 0 Å². The maximum absolute atomic E-state index is 9.86. The molecule has 150 valence electrons. The number of nitrogens with one attached hydrogen (secondary N) is 1. The van der Waals surface area contributed by atoms with Gasteiger partial charge in [-0.25, -0.2) is 0 Å². The summed E-state index contributed by atoms with van der Waals surface area (Å²) < 4.78 is 0. The van der Waals surface area contributed by atoms with Gasteiger partial charge in [0.15, 0.2) is 0 Å². The number of halogens is 1. The molecule has 6 unspecified atom stereocenters. The van der Waals surface area contributed by atoms with Crippen LogP contribution in [0.15, 0.2) is 0 Å². The second-order valence-electron chi connectivity index (χ2n) is 9.91. The largest absolute Gasteiger partial charge is 1.00 e. The van der Waals surface area contributed by atoms with Gasteiger partial charge in [-0.3, -0.25) is 0 Å². The lowest BCUT2D eigenvalue weighted by atomic mass is 9.69. The molecule has 0 amide bonds. The van der Waals surface area contributed by atoms with E-state index in [1.54, 1.807) is 4.90 Å². The molecular formula is C22H44ClNO. The number of aliphatic hydroxyl groups excluding tert-OH is 1. The maximum atomic E-state index is 9.86. The summed E-state index contributed by atoms with van der Waals surface area (Å²) in [4.78, 5) is 1.77. The normalized spacial score (nSPS) is 37.8. The number of aliphatic hydroxyl groups is 1. The molecule has 2 saturated carbocycles. The average molecular weight is 374 g/mol. The van der Waals surface area contributed by atoms with Gasteiger partial charge in [-0.2, -0.15) is 0 Å². The quantitative estimate of drug-likeness (QED) is 0.707. The van der Waals surface area contributed by atoms with Crippen molar-refractivity contribution in [2.24, 2.45) is 35.5 Å². The van der Waals surface area contributed by atoms with Gasteiger partial charge in [0.25, 0.3) is 0 Å². The highest BCUT2D eigenvalue weighted by Gasteiger charge is 2.44. The Hall–Kier alpha value is 0.210. The van der Waals surface area contributed by atoms with Crippen LogP contribution in [0.2, 0.25) is 0 Å². The van der Waals surface area contributed by atoms with E-state index in [9.17, 15) is 5.11 Å². The topological polar surface area (TPSA) is 24.7 Å². The van der Waals surface area contributed by atoms with Crippen LogP contribution >= 0.6 is 0 Å². The molecule has 0 bridgehead atoms. The third-order valence-electron chi connectivity index (χ3n) is 7.40. The van der Waals surface area contributed by atoms with Crippen LogP contribution in [0.1, 0.15) is 80.1 Å². The molecule has 0 saturated heterocycles. The van der Waals surface area contributed by atoms with Crippen molar-refractivity contribution in [3.8, 4) is 0 Å². The minimum atomic E-state index is 0. The SMILES string of the molecule is CC1CCC(C(C)C)C([NH+](CCO)C2CC(C)CCC2C(C)C)C1.[Cl-]. The Morgan fingerprint density at radius 1 is 0.800 bits per heavy atom. The predicted molar refractivity (Wildman–Crippen MR) is 103 cm³/mol. The zero-order chi connectivity index (χ0) is 17.9. The summed E-state index contributed by atoms with van der Waals surface area (Å²) in [6, 6.07) is 1.52. The molecule has 0 aromatic rings. The summed E-state index contributed by atoms with van der Waals surface area (Å²) in [6.45, 7) is 15.9. The highest BCUT2D eigenvalue weighted by atomic mass is 35.5. The Morgan fingerprint density at radius 2 is 1.20 bits per heavy atom. The molecule has 25 heavy (non-hydrogen) atoms. The highest BCUT2D eigenvalue weighted by molar-refractivity contribution is 4.85. The Bertz CT molecular complexity index is 341. The Balaban J connectivity index is 0.00000312. The monoisotopic (exact) mass is 373 g/mol. The van der Waals surface area contributed by atoms with Crippen molar-refractivity contribution in [1.82, 2.24) is 0 Å². The number of hydrogen-bond donors (Lipinski definition) is 2. The molecule has 0 aromatic carbocycles. The van der Waals surface area contributed by atoms with Crippen LogP contribution in [0.25, 0.3) is 0 Å². The van der Waals surface area contributed by atoms with E-state index in [2.05, 4.69) is 41.5 Å². The molecule has 2 rings (SSSR count). The van der Waals surface area contributed by atoms with Crippen molar-refractivity contribution in [3.63, 3.8) is 0 Å². The van der Waals surface area contributed by atoms with Crippen molar-refractivity contribution in [2.75, 3.05) is 13.2 Å². The number of quaternary nitrogens is 1. The van der Waals surface area contributed by atoms with E-state index >= 15 is 0 Å². The summed E-state index contributed by atoms with van der Waals surface area (Å²) in [7, 11) is 0. The zero-order valence-electron chi connectivity index (χ0n) is 17.6. The first-order valence-electron chi connectivity index (χ1n) is 10.8. The fourth-order valence-electron chi connectivity index (χ4n) is 6.03. The van der Waals surface area contributed by atoms with Crippen molar-refractivity contribution in [1.29, 1.82) is 0 Å². The fraction of sp³-hybridized carbons (Fsp3) is 1.00. The average Bonchev–Trinajstić information content (AvgIpc) is 2.51. The van der Waals surface area contributed by atoms with Gasteiger partial charge in [0.1, 0.15) is 6.54 Å². The maximum Gasteiger partial charge on any atom is 0.101 e. The molecular weight excluding hydrogens is 330 g/mol. The summed E-state index contributed by atoms with van der Waals surface area (Å²) in [5.74, 6) is 4.94. The highest BCUT2D eigenvalue weighted by Crippen LogP contribution is 2.36. The molecule has 0 spiro atoms. The van der Waals surface area contributed by atoms with Crippen molar-refractivity contribution in [3.05, 3.63) is 0 Å². The molecule has 6 atom stereocenters. The van der Waals surface area contributed by atoms with Crippen LogP contribution < -0.4 is 17.3 Å². The summed E-state index contributed by atoms with van der Waals surface area (Å²) in [5.41, 5.74) is 0. The van der Waals surface area contributed by atoms with E-state index in [0.29, 0.717) is 6.61 Å². The standard InChI is InChI=1S/C22H43NO.ClH/c1-15(2)19-9-7-17(5)13-21(19)23(11-12-24)22-14-18(6)8-10-20(22)16(3)4;/h15-22,24H,7-14H2,1-6H3;1H. The van der Waals surface area contributed by atoms with Crippen LogP contribution in [0, 0.1) is 35.5 Å². The van der Waals surface area contributed by atoms with E-state index in [-0.39, 0.29) is 12.4 Å². The molecule has 3 heteroatoms. The summed E-state index contributed by atoms with van der Waals surface area (Å²) in [5, 5.41) is 9.86. The first-order valence-corrected chi connectivity index (χ1v) is 10.8. The van der Waals surface area contributed by atoms with Gasteiger partial charge in [0, 0.05) is 24.7 Å². The van der Waals surface area contributed by atoms with Gasteiger partial charge >= 0.3 is 0 Å². The van der Waals surface area contributed by atoms with Crippen molar-refractivity contribution < 1.29 is 22.4 Å². The van der Waals surface area contributed by atoms with Crippen LogP contribution in [-0.2, 0) is 0 Å².